The maximum atomic E-state index is 9.90. The van der Waals surface area contributed by atoms with E-state index in [1.54, 1.807) is 18.2 Å². The van der Waals surface area contributed by atoms with Gasteiger partial charge < -0.3 is 15.4 Å². The van der Waals surface area contributed by atoms with Crippen LogP contribution in [0, 0.1) is 0 Å². The summed E-state index contributed by atoms with van der Waals surface area (Å²) in [5, 5.41) is 14.6. The van der Waals surface area contributed by atoms with Crippen LogP contribution in [-0.4, -0.2) is 20.5 Å². The number of para-hydroxylation sites is 1. The average Bonchev–Trinajstić information content (AvgIpc) is 3.10. The van der Waals surface area contributed by atoms with Gasteiger partial charge in [-0.05, 0) is 25.0 Å². The first kappa shape index (κ1) is 13.3. The molecule has 1 fully saturated rings. The van der Waals surface area contributed by atoms with E-state index in [0.29, 0.717) is 23.0 Å². The quantitative estimate of drug-likeness (QED) is 0.664. The Kier molecular flexibility index (Phi) is 3.82. The summed E-state index contributed by atoms with van der Waals surface area (Å²) in [7, 11) is 0. The van der Waals surface area contributed by atoms with Gasteiger partial charge in [0.05, 0.1) is 17.0 Å². The monoisotopic (exact) mass is 291 g/mol. The van der Waals surface area contributed by atoms with Gasteiger partial charge in [-0.15, -0.1) is 0 Å². The molecule has 0 atom stereocenters. The Labute approximate surface area is 121 Å². The molecule has 0 unspecified atom stereocenters. The largest absolute Gasteiger partial charge is 0.505 e. The van der Waals surface area contributed by atoms with Gasteiger partial charge >= 0.3 is 0 Å². The molecule has 3 N–H and O–H groups in total. The van der Waals surface area contributed by atoms with Crippen molar-refractivity contribution in [2.45, 2.75) is 36.7 Å². The highest BCUT2D eigenvalue weighted by Crippen LogP contribution is 2.34. The average molecular weight is 291 g/mol. The number of nitrogens with zero attached hydrogens (tertiary/aromatic N) is 2. The van der Waals surface area contributed by atoms with Crippen molar-refractivity contribution in [1.29, 1.82) is 0 Å². The minimum Gasteiger partial charge on any atom is -0.505 e. The number of phenolic OH excluding ortho intramolecular Hbond substituents is 1. The molecule has 3 rings (SSSR count). The molecule has 1 saturated carbocycles. The van der Waals surface area contributed by atoms with Crippen LogP contribution in [0.4, 0.5) is 5.69 Å². The smallest absolute Gasteiger partial charge is 0.261 e. The number of aromatic nitrogens is 2. The zero-order valence-corrected chi connectivity index (χ0v) is 11.9. The number of nitrogens with two attached hydrogens (primary N) is 1. The second kappa shape index (κ2) is 5.75. The van der Waals surface area contributed by atoms with Gasteiger partial charge in [0.2, 0.25) is 0 Å². The van der Waals surface area contributed by atoms with E-state index in [9.17, 15) is 5.11 Å². The molecule has 1 aromatic heterocycles. The van der Waals surface area contributed by atoms with Crippen LogP contribution in [0.3, 0.4) is 0 Å². The Morgan fingerprint density at radius 3 is 2.95 bits per heavy atom. The van der Waals surface area contributed by atoms with Crippen molar-refractivity contribution < 1.29 is 9.63 Å². The van der Waals surface area contributed by atoms with Gasteiger partial charge in [0.15, 0.2) is 11.6 Å². The van der Waals surface area contributed by atoms with Crippen LogP contribution < -0.4 is 5.73 Å². The normalized spacial score (nSPS) is 15.8. The standard InChI is InChI=1S/C14H17N3O2S/c15-11-7-3-6-10(13(11)18)14-16-12(17-19-14)8-20-9-4-1-2-5-9/h3,6-7,9,18H,1-2,4-5,8,15H2. The SMILES string of the molecule is Nc1cccc(-c2nc(CSC3CCCC3)no2)c1O. The van der Waals surface area contributed by atoms with E-state index >= 15 is 0 Å². The molecule has 106 valence electrons. The van der Waals surface area contributed by atoms with Gasteiger partial charge in [0.25, 0.3) is 5.89 Å². The first-order valence-corrected chi connectivity index (χ1v) is 7.81. The minimum atomic E-state index is -0.00820. The van der Waals surface area contributed by atoms with Crippen LogP contribution >= 0.6 is 11.8 Å². The summed E-state index contributed by atoms with van der Waals surface area (Å²) < 4.78 is 5.21. The maximum absolute atomic E-state index is 9.90. The summed E-state index contributed by atoms with van der Waals surface area (Å²) in [4.78, 5) is 4.33. The maximum Gasteiger partial charge on any atom is 0.261 e. The third-order valence-corrected chi connectivity index (χ3v) is 4.88. The molecule has 1 aliphatic carbocycles. The van der Waals surface area contributed by atoms with Crippen molar-refractivity contribution in [2.75, 3.05) is 5.73 Å². The van der Waals surface area contributed by atoms with E-state index in [0.717, 1.165) is 11.0 Å². The molecular formula is C14H17N3O2S. The molecule has 0 spiro atoms. The predicted molar refractivity (Wildman–Crippen MR) is 79.4 cm³/mol. The molecule has 0 bridgehead atoms. The topological polar surface area (TPSA) is 85.2 Å². The van der Waals surface area contributed by atoms with Crippen LogP contribution in [0.1, 0.15) is 31.5 Å². The number of hydrogen-bond acceptors (Lipinski definition) is 6. The molecule has 0 amide bonds. The molecule has 1 heterocycles. The summed E-state index contributed by atoms with van der Waals surface area (Å²) >= 11 is 1.88. The zero-order chi connectivity index (χ0) is 13.9. The van der Waals surface area contributed by atoms with E-state index in [2.05, 4.69) is 10.1 Å². The molecule has 6 heteroatoms. The summed E-state index contributed by atoms with van der Waals surface area (Å²) in [6.07, 6.45) is 5.22. The van der Waals surface area contributed by atoms with E-state index < -0.39 is 0 Å². The van der Waals surface area contributed by atoms with Gasteiger partial charge in [-0.3, -0.25) is 0 Å². The van der Waals surface area contributed by atoms with Gasteiger partial charge in [-0.2, -0.15) is 16.7 Å². The van der Waals surface area contributed by atoms with Gasteiger partial charge in [0.1, 0.15) is 0 Å². The number of benzene rings is 1. The molecule has 0 radical (unpaired) electrons. The minimum absolute atomic E-state index is 0.00820. The molecular weight excluding hydrogens is 274 g/mol. The third-order valence-electron chi connectivity index (χ3n) is 3.52. The third kappa shape index (κ3) is 2.75. The lowest BCUT2D eigenvalue weighted by molar-refractivity contribution is 0.420. The Morgan fingerprint density at radius 2 is 2.15 bits per heavy atom. The number of thioether (sulfide) groups is 1. The Bertz CT molecular complexity index is 594. The number of phenols is 1. The zero-order valence-electron chi connectivity index (χ0n) is 11.1. The summed E-state index contributed by atoms with van der Waals surface area (Å²) in [6, 6.07) is 5.10. The Morgan fingerprint density at radius 1 is 1.35 bits per heavy atom. The first-order valence-electron chi connectivity index (χ1n) is 6.76. The number of rotatable bonds is 4. The van der Waals surface area contributed by atoms with Crippen LogP contribution in [0.25, 0.3) is 11.5 Å². The number of nitrogen functional groups attached to an aromatic ring is 1. The summed E-state index contributed by atoms with van der Waals surface area (Å²) in [5.41, 5.74) is 6.45. The van der Waals surface area contributed by atoms with E-state index in [1.807, 2.05) is 11.8 Å². The first-order chi connectivity index (χ1) is 9.74. The Balaban J connectivity index is 1.71. The number of anilines is 1. The fraction of sp³-hybridized carbons (Fsp3) is 0.429. The van der Waals surface area contributed by atoms with Crippen molar-refractivity contribution >= 4 is 17.4 Å². The molecule has 2 aromatic rings. The highest BCUT2D eigenvalue weighted by atomic mass is 32.2. The predicted octanol–water partition coefficient (Wildman–Crippen LogP) is 3.20. The van der Waals surface area contributed by atoms with E-state index in [4.69, 9.17) is 10.3 Å². The highest BCUT2D eigenvalue weighted by molar-refractivity contribution is 7.99. The molecule has 20 heavy (non-hydrogen) atoms. The lowest BCUT2D eigenvalue weighted by Gasteiger charge is -2.05. The van der Waals surface area contributed by atoms with Crippen LogP contribution in [0.2, 0.25) is 0 Å². The van der Waals surface area contributed by atoms with Crippen molar-refractivity contribution in [1.82, 2.24) is 10.1 Å². The van der Waals surface area contributed by atoms with Gasteiger partial charge in [-0.25, -0.2) is 0 Å². The van der Waals surface area contributed by atoms with Crippen LogP contribution in [0.5, 0.6) is 5.75 Å². The fourth-order valence-electron chi connectivity index (χ4n) is 2.40. The fourth-order valence-corrected chi connectivity index (χ4v) is 3.57. The second-order valence-corrected chi connectivity index (χ2v) is 6.27. The van der Waals surface area contributed by atoms with E-state index in [-0.39, 0.29) is 5.75 Å². The molecule has 0 saturated heterocycles. The van der Waals surface area contributed by atoms with Crippen molar-refractivity contribution in [2.24, 2.45) is 0 Å². The molecule has 0 aliphatic heterocycles. The molecule has 1 aliphatic rings. The lowest BCUT2D eigenvalue weighted by atomic mass is 10.2. The van der Waals surface area contributed by atoms with Crippen molar-refractivity contribution in [3.8, 4) is 17.2 Å². The summed E-state index contributed by atoms with van der Waals surface area (Å²) in [6.45, 7) is 0. The number of hydrogen-bond donors (Lipinski definition) is 2. The highest BCUT2D eigenvalue weighted by Gasteiger charge is 2.18. The number of aromatic hydroxyl groups is 1. The summed E-state index contributed by atoms with van der Waals surface area (Å²) in [5.74, 6) is 1.72. The lowest BCUT2D eigenvalue weighted by Crippen LogP contribution is -1.95. The van der Waals surface area contributed by atoms with Gasteiger partial charge in [-0.1, -0.05) is 24.1 Å². The van der Waals surface area contributed by atoms with Crippen LogP contribution in [-0.2, 0) is 5.75 Å². The Hall–Kier alpha value is -1.69. The van der Waals surface area contributed by atoms with Crippen molar-refractivity contribution in [3.05, 3.63) is 24.0 Å². The molecule has 5 nitrogen and oxygen atoms in total. The van der Waals surface area contributed by atoms with E-state index in [1.165, 1.54) is 25.7 Å². The second-order valence-electron chi connectivity index (χ2n) is 4.98. The van der Waals surface area contributed by atoms with Gasteiger partial charge in [0, 0.05) is 5.25 Å². The van der Waals surface area contributed by atoms with Crippen LogP contribution in [0.15, 0.2) is 22.7 Å². The molecule has 1 aromatic carbocycles. The van der Waals surface area contributed by atoms with Crippen molar-refractivity contribution in [3.63, 3.8) is 0 Å².